The minimum atomic E-state index is -1.07. The summed E-state index contributed by atoms with van der Waals surface area (Å²) < 4.78 is 0. The quantitative estimate of drug-likeness (QED) is 0.741. The normalized spacial score (nSPS) is 17.4. The highest BCUT2D eigenvalue weighted by Gasteiger charge is 2.22. The number of hydrogen-bond acceptors (Lipinski definition) is 5. The molecule has 2 N–H and O–H groups in total. The van der Waals surface area contributed by atoms with E-state index >= 15 is 0 Å². The lowest BCUT2D eigenvalue weighted by Gasteiger charge is -2.31. The van der Waals surface area contributed by atoms with Crippen molar-refractivity contribution in [3.05, 3.63) is 18.0 Å². The molecule has 0 unspecified atom stereocenters. The molecule has 0 radical (unpaired) electrons. The first-order chi connectivity index (χ1) is 7.68. The van der Waals surface area contributed by atoms with Gasteiger partial charge < -0.3 is 15.1 Å². The zero-order chi connectivity index (χ0) is 11.5. The lowest BCUT2D eigenvalue weighted by Crippen LogP contribution is -2.36. The zero-order valence-electron chi connectivity index (χ0n) is 8.70. The summed E-state index contributed by atoms with van der Waals surface area (Å²) in [5.74, 6) is -1.07. The first-order valence-electron chi connectivity index (χ1n) is 5.16. The van der Waals surface area contributed by atoms with Crippen molar-refractivity contribution in [2.24, 2.45) is 0 Å². The molecular weight excluding hydrogens is 210 g/mol. The fourth-order valence-corrected chi connectivity index (χ4v) is 1.84. The smallest absolute Gasteiger partial charge is 0.358 e. The Bertz CT molecular complexity index is 389. The molecule has 16 heavy (non-hydrogen) atoms. The van der Waals surface area contributed by atoms with Gasteiger partial charge in [-0.25, -0.2) is 4.79 Å². The molecule has 0 aromatic carbocycles. The number of anilines is 1. The van der Waals surface area contributed by atoms with E-state index in [0.717, 1.165) is 0 Å². The molecule has 1 fully saturated rings. The number of aliphatic hydroxyl groups excluding tert-OH is 1. The van der Waals surface area contributed by atoms with E-state index < -0.39 is 5.97 Å². The summed E-state index contributed by atoms with van der Waals surface area (Å²) in [6, 6.07) is 1.65. The molecule has 1 aliphatic heterocycles. The second kappa shape index (κ2) is 4.44. The van der Waals surface area contributed by atoms with Gasteiger partial charge in [0.2, 0.25) is 0 Å². The monoisotopic (exact) mass is 223 g/mol. The van der Waals surface area contributed by atoms with E-state index in [2.05, 4.69) is 10.2 Å². The number of piperidine rings is 1. The Labute approximate surface area is 92.5 Å². The van der Waals surface area contributed by atoms with Crippen LogP contribution in [0.3, 0.4) is 0 Å². The number of carbonyl (C=O) groups is 1. The minimum absolute atomic E-state index is 0.0288. The van der Waals surface area contributed by atoms with Crippen LogP contribution in [-0.2, 0) is 0 Å². The van der Waals surface area contributed by atoms with Crippen molar-refractivity contribution in [2.75, 3.05) is 18.0 Å². The van der Waals surface area contributed by atoms with Gasteiger partial charge in [-0.3, -0.25) is 0 Å². The van der Waals surface area contributed by atoms with Crippen LogP contribution >= 0.6 is 0 Å². The highest BCUT2D eigenvalue weighted by Crippen LogP contribution is 2.22. The molecule has 1 aromatic rings. The summed E-state index contributed by atoms with van der Waals surface area (Å²) in [6.45, 7) is 1.29. The molecule has 0 saturated carbocycles. The van der Waals surface area contributed by atoms with Crippen molar-refractivity contribution < 1.29 is 15.0 Å². The third-order valence-corrected chi connectivity index (χ3v) is 2.71. The third-order valence-electron chi connectivity index (χ3n) is 2.71. The van der Waals surface area contributed by atoms with Crippen molar-refractivity contribution in [1.82, 2.24) is 10.2 Å². The van der Waals surface area contributed by atoms with E-state index in [-0.39, 0.29) is 11.8 Å². The van der Waals surface area contributed by atoms with Crippen LogP contribution in [0.4, 0.5) is 5.69 Å². The highest BCUT2D eigenvalue weighted by atomic mass is 16.4. The van der Waals surface area contributed by atoms with Crippen LogP contribution < -0.4 is 4.90 Å². The van der Waals surface area contributed by atoms with Crippen molar-refractivity contribution in [2.45, 2.75) is 18.9 Å². The van der Waals surface area contributed by atoms with Crippen LogP contribution in [0.5, 0.6) is 0 Å². The summed E-state index contributed by atoms with van der Waals surface area (Å²) in [7, 11) is 0. The molecule has 86 valence electrons. The molecule has 0 atom stereocenters. The zero-order valence-corrected chi connectivity index (χ0v) is 8.70. The molecule has 0 aliphatic carbocycles. The maximum atomic E-state index is 11.0. The first-order valence-corrected chi connectivity index (χ1v) is 5.16. The predicted molar refractivity (Wildman–Crippen MR) is 56.4 cm³/mol. The largest absolute Gasteiger partial charge is 0.476 e. The van der Waals surface area contributed by atoms with Crippen molar-refractivity contribution in [1.29, 1.82) is 0 Å². The Morgan fingerprint density at radius 2 is 2.12 bits per heavy atom. The standard InChI is InChI=1S/C10H13N3O3/c14-7-2-5-13(6-3-7)8-1-4-11-12-9(8)10(15)16/h1,4,7,14H,2-3,5-6H2,(H,15,16). The predicted octanol–water partition coefficient (Wildman–Crippen LogP) is 0.136. The molecule has 1 aromatic heterocycles. The second-order valence-electron chi connectivity index (χ2n) is 3.79. The van der Waals surface area contributed by atoms with Crippen LogP contribution in [0.1, 0.15) is 23.3 Å². The van der Waals surface area contributed by atoms with Gasteiger partial charge in [0.1, 0.15) is 0 Å². The molecule has 0 amide bonds. The number of rotatable bonds is 2. The number of aromatic carboxylic acids is 1. The minimum Gasteiger partial charge on any atom is -0.476 e. The van der Waals surface area contributed by atoms with Gasteiger partial charge in [-0.15, -0.1) is 5.10 Å². The van der Waals surface area contributed by atoms with Crippen molar-refractivity contribution in [3.63, 3.8) is 0 Å². The summed E-state index contributed by atoms with van der Waals surface area (Å²) in [4.78, 5) is 12.9. The Hall–Kier alpha value is -1.69. The fraction of sp³-hybridized carbons (Fsp3) is 0.500. The summed E-state index contributed by atoms with van der Waals surface area (Å²) >= 11 is 0. The lowest BCUT2D eigenvalue weighted by atomic mass is 10.1. The number of aromatic nitrogens is 2. The van der Waals surface area contributed by atoms with Gasteiger partial charge in [-0.1, -0.05) is 0 Å². The van der Waals surface area contributed by atoms with Crippen LogP contribution in [0.15, 0.2) is 12.3 Å². The molecule has 2 rings (SSSR count). The van der Waals surface area contributed by atoms with E-state index in [1.807, 2.05) is 4.90 Å². The van der Waals surface area contributed by atoms with Crippen LogP contribution in [-0.4, -0.2) is 45.6 Å². The molecular formula is C10H13N3O3. The molecule has 1 saturated heterocycles. The highest BCUT2D eigenvalue weighted by molar-refractivity contribution is 5.91. The van der Waals surface area contributed by atoms with Crippen LogP contribution in [0.2, 0.25) is 0 Å². The van der Waals surface area contributed by atoms with Gasteiger partial charge in [0, 0.05) is 13.1 Å². The second-order valence-corrected chi connectivity index (χ2v) is 3.79. The van der Waals surface area contributed by atoms with Gasteiger partial charge in [0.25, 0.3) is 0 Å². The van der Waals surface area contributed by atoms with Gasteiger partial charge in [-0.05, 0) is 18.9 Å². The average molecular weight is 223 g/mol. The summed E-state index contributed by atoms with van der Waals surface area (Å²) in [6.07, 6.45) is 2.51. The van der Waals surface area contributed by atoms with Gasteiger partial charge in [0.05, 0.1) is 18.0 Å². The van der Waals surface area contributed by atoms with Gasteiger partial charge in [-0.2, -0.15) is 5.10 Å². The van der Waals surface area contributed by atoms with Crippen molar-refractivity contribution >= 4 is 11.7 Å². The third kappa shape index (κ3) is 2.11. The van der Waals surface area contributed by atoms with E-state index in [9.17, 15) is 9.90 Å². The SMILES string of the molecule is O=C(O)c1nnccc1N1CCC(O)CC1. The molecule has 0 bridgehead atoms. The van der Waals surface area contributed by atoms with E-state index in [0.29, 0.717) is 31.6 Å². The summed E-state index contributed by atoms with van der Waals surface area (Å²) in [5.41, 5.74) is 0.549. The first kappa shape index (κ1) is 10.8. The molecule has 2 heterocycles. The molecule has 6 heteroatoms. The van der Waals surface area contributed by atoms with Gasteiger partial charge >= 0.3 is 5.97 Å². The van der Waals surface area contributed by atoms with E-state index in [4.69, 9.17) is 5.11 Å². The maximum Gasteiger partial charge on any atom is 0.358 e. The fourth-order valence-electron chi connectivity index (χ4n) is 1.84. The molecule has 1 aliphatic rings. The Kier molecular flexibility index (Phi) is 3.00. The van der Waals surface area contributed by atoms with Gasteiger partial charge in [0.15, 0.2) is 5.69 Å². The Morgan fingerprint density at radius 3 is 2.75 bits per heavy atom. The maximum absolute atomic E-state index is 11.0. The number of nitrogens with zero attached hydrogens (tertiary/aromatic N) is 3. The number of hydrogen-bond donors (Lipinski definition) is 2. The number of aliphatic hydroxyl groups is 1. The topological polar surface area (TPSA) is 86.5 Å². The van der Waals surface area contributed by atoms with E-state index in [1.165, 1.54) is 6.20 Å². The Morgan fingerprint density at radius 1 is 1.44 bits per heavy atom. The van der Waals surface area contributed by atoms with Crippen LogP contribution in [0, 0.1) is 0 Å². The molecule has 6 nitrogen and oxygen atoms in total. The number of carboxylic acids is 1. The lowest BCUT2D eigenvalue weighted by molar-refractivity contribution is 0.0689. The van der Waals surface area contributed by atoms with E-state index in [1.54, 1.807) is 6.07 Å². The molecule has 0 spiro atoms. The van der Waals surface area contributed by atoms with Crippen molar-refractivity contribution in [3.8, 4) is 0 Å². The number of carboxylic acid groups (broad SMARTS) is 1. The Balaban J connectivity index is 2.23. The van der Waals surface area contributed by atoms with Crippen LogP contribution in [0.25, 0.3) is 0 Å². The average Bonchev–Trinajstić information content (AvgIpc) is 2.30. The summed E-state index contributed by atoms with van der Waals surface area (Å²) in [5, 5.41) is 25.5.